The van der Waals surface area contributed by atoms with E-state index < -0.39 is 0 Å². The maximum absolute atomic E-state index is 12.0. The Balaban J connectivity index is 1.75. The summed E-state index contributed by atoms with van der Waals surface area (Å²) in [5.74, 6) is 2.04. The number of anilines is 3. The first kappa shape index (κ1) is 15.0. The van der Waals surface area contributed by atoms with E-state index in [2.05, 4.69) is 20.2 Å². The molecule has 7 heteroatoms. The minimum absolute atomic E-state index is 0.0494. The van der Waals surface area contributed by atoms with Gasteiger partial charge in [-0.2, -0.15) is 4.98 Å². The van der Waals surface area contributed by atoms with Crippen molar-refractivity contribution in [1.29, 1.82) is 0 Å². The molecule has 1 aromatic heterocycles. The summed E-state index contributed by atoms with van der Waals surface area (Å²) in [4.78, 5) is 25.0. The summed E-state index contributed by atoms with van der Waals surface area (Å²) in [6.45, 7) is 2.97. The van der Waals surface area contributed by atoms with E-state index in [1.807, 2.05) is 19.0 Å². The Labute approximate surface area is 130 Å². The highest BCUT2D eigenvalue weighted by molar-refractivity contribution is 5.93. The third-order valence-corrected chi connectivity index (χ3v) is 3.92. The van der Waals surface area contributed by atoms with E-state index in [1.54, 1.807) is 6.20 Å². The highest BCUT2D eigenvalue weighted by atomic mass is 16.5. The van der Waals surface area contributed by atoms with Crippen LogP contribution in [-0.4, -0.2) is 56.3 Å². The zero-order valence-electron chi connectivity index (χ0n) is 13.2. The van der Waals surface area contributed by atoms with Crippen molar-refractivity contribution in [3.63, 3.8) is 0 Å². The molecule has 2 heterocycles. The molecule has 1 N–H and O–H groups in total. The second-order valence-electron chi connectivity index (χ2n) is 6.10. The molecule has 0 atom stereocenters. The van der Waals surface area contributed by atoms with Crippen molar-refractivity contribution in [2.45, 2.75) is 19.3 Å². The highest BCUT2D eigenvalue weighted by Gasteiger charge is 2.25. The van der Waals surface area contributed by atoms with Crippen LogP contribution in [0.5, 0.6) is 0 Å². The molecule has 0 spiro atoms. The molecule has 0 aromatic carbocycles. The SMILES string of the molecule is CN(C)c1nc(N2CCOCC2)ncc1NC(=O)CC1CC1. The summed E-state index contributed by atoms with van der Waals surface area (Å²) in [6.07, 6.45) is 4.64. The molecule has 1 amide bonds. The van der Waals surface area contributed by atoms with Gasteiger partial charge in [-0.1, -0.05) is 0 Å². The fourth-order valence-electron chi connectivity index (χ4n) is 2.49. The lowest BCUT2D eigenvalue weighted by Crippen LogP contribution is -2.37. The van der Waals surface area contributed by atoms with Crippen molar-refractivity contribution in [1.82, 2.24) is 9.97 Å². The predicted octanol–water partition coefficient (Wildman–Crippen LogP) is 1.12. The Kier molecular flexibility index (Phi) is 4.42. The summed E-state index contributed by atoms with van der Waals surface area (Å²) in [5.41, 5.74) is 0.674. The topological polar surface area (TPSA) is 70.6 Å². The van der Waals surface area contributed by atoms with Gasteiger partial charge in [0.15, 0.2) is 5.82 Å². The molecule has 120 valence electrons. The zero-order chi connectivity index (χ0) is 15.5. The summed E-state index contributed by atoms with van der Waals surface area (Å²) in [5, 5.41) is 2.94. The van der Waals surface area contributed by atoms with Gasteiger partial charge in [-0.05, 0) is 18.8 Å². The van der Waals surface area contributed by atoms with E-state index in [0.29, 0.717) is 37.2 Å². The molecule has 1 aliphatic carbocycles. The quantitative estimate of drug-likeness (QED) is 0.879. The number of hydrogen-bond donors (Lipinski definition) is 1. The van der Waals surface area contributed by atoms with Crippen LogP contribution in [0.1, 0.15) is 19.3 Å². The van der Waals surface area contributed by atoms with Gasteiger partial charge in [0.25, 0.3) is 0 Å². The molecule has 1 saturated heterocycles. The number of ether oxygens (including phenoxy) is 1. The number of nitrogens with one attached hydrogen (secondary N) is 1. The van der Waals surface area contributed by atoms with E-state index >= 15 is 0 Å². The lowest BCUT2D eigenvalue weighted by molar-refractivity contribution is -0.116. The van der Waals surface area contributed by atoms with Gasteiger partial charge in [0.05, 0.1) is 19.4 Å². The molecule has 0 bridgehead atoms. The van der Waals surface area contributed by atoms with E-state index in [4.69, 9.17) is 4.74 Å². The Morgan fingerprint density at radius 3 is 2.77 bits per heavy atom. The minimum atomic E-state index is 0.0494. The summed E-state index contributed by atoms with van der Waals surface area (Å²) in [6, 6.07) is 0. The largest absolute Gasteiger partial charge is 0.378 e. The maximum atomic E-state index is 12.0. The first-order chi connectivity index (χ1) is 10.6. The average Bonchev–Trinajstić information content (AvgIpc) is 3.32. The van der Waals surface area contributed by atoms with Crippen LogP contribution in [0.25, 0.3) is 0 Å². The van der Waals surface area contributed by atoms with Gasteiger partial charge >= 0.3 is 0 Å². The molecule has 2 aliphatic rings. The van der Waals surface area contributed by atoms with Crippen molar-refractivity contribution in [3.8, 4) is 0 Å². The number of hydrogen-bond acceptors (Lipinski definition) is 6. The first-order valence-corrected chi connectivity index (χ1v) is 7.80. The van der Waals surface area contributed by atoms with Crippen molar-refractivity contribution in [2.24, 2.45) is 5.92 Å². The van der Waals surface area contributed by atoms with Gasteiger partial charge in [-0.3, -0.25) is 4.79 Å². The average molecular weight is 305 g/mol. The lowest BCUT2D eigenvalue weighted by Gasteiger charge is -2.28. The van der Waals surface area contributed by atoms with E-state index in [1.165, 1.54) is 12.8 Å². The van der Waals surface area contributed by atoms with E-state index in [0.717, 1.165) is 18.9 Å². The lowest BCUT2D eigenvalue weighted by atomic mass is 10.3. The fraction of sp³-hybridized carbons (Fsp3) is 0.667. The Hall–Kier alpha value is -1.89. The molecule has 0 radical (unpaired) electrons. The highest BCUT2D eigenvalue weighted by Crippen LogP contribution is 2.33. The molecule has 7 nitrogen and oxygen atoms in total. The third kappa shape index (κ3) is 3.65. The molecular formula is C15H23N5O2. The van der Waals surface area contributed by atoms with Crippen LogP contribution in [0.4, 0.5) is 17.5 Å². The number of carbonyl (C=O) groups is 1. The molecule has 1 aromatic rings. The zero-order valence-corrected chi connectivity index (χ0v) is 13.2. The molecule has 22 heavy (non-hydrogen) atoms. The molecule has 2 fully saturated rings. The summed E-state index contributed by atoms with van der Waals surface area (Å²) >= 11 is 0. The number of rotatable bonds is 5. The molecular weight excluding hydrogens is 282 g/mol. The normalized spacial score (nSPS) is 18.2. The van der Waals surface area contributed by atoms with E-state index in [-0.39, 0.29) is 5.91 Å². The monoisotopic (exact) mass is 305 g/mol. The Morgan fingerprint density at radius 1 is 1.41 bits per heavy atom. The van der Waals surface area contributed by atoms with Crippen molar-refractivity contribution in [2.75, 3.05) is 55.5 Å². The van der Waals surface area contributed by atoms with Crippen LogP contribution in [0.15, 0.2) is 6.20 Å². The van der Waals surface area contributed by atoms with Crippen molar-refractivity contribution in [3.05, 3.63) is 6.20 Å². The second kappa shape index (κ2) is 6.48. The van der Waals surface area contributed by atoms with Crippen molar-refractivity contribution >= 4 is 23.4 Å². The van der Waals surface area contributed by atoms with Crippen molar-refractivity contribution < 1.29 is 9.53 Å². The van der Waals surface area contributed by atoms with Gasteiger partial charge in [0, 0.05) is 33.6 Å². The van der Waals surface area contributed by atoms with Gasteiger partial charge in [0.1, 0.15) is 5.69 Å². The Bertz CT molecular complexity index is 539. The minimum Gasteiger partial charge on any atom is -0.378 e. The van der Waals surface area contributed by atoms with Crippen LogP contribution in [0.3, 0.4) is 0 Å². The molecule has 1 saturated carbocycles. The number of morpholine rings is 1. The van der Waals surface area contributed by atoms with Gasteiger partial charge in [-0.25, -0.2) is 4.98 Å². The molecule has 3 rings (SSSR count). The number of nitrogens with zero attached hydrogens (tertiary/aromatic N) is 4. The van der Waals surface area contributed by atoms with Crippen LogP contribution < -0.4 is 15.1 Å². The number of amides is 1. The smallest absolute Gasteiger partial charge is 0.227 e. The van der Waals surface area contributed by atoms with Crippen LogP contribution >= 0.6 is 0 Å². The van der Waals surface area contributed by atoms with Gasteiger partial charge in [-0.15, -0.1) is 0 Å². The molecule has 1 aliphatic heterocycles. The first-order valence-electron chi connectivity index (χ1n) is 7.80. The fourth-order valence-corrected chi connectivity index (χ4v) is 2.49. The van der Waals surface area contributed by atoms with Crippen LogP contribution in [0.2, 0.25) is 0 Å². The standard InChI is InChI=1S/C15H23N5O2/c1-19(2)14-12(17-13(21)9-11-3-4-11)10-16-15(18-14)20-5-7-22-8-6-20/h10-11H,3-9H2,1-2H3,(H,17,21). The summed E-state index contributed by atoms with van der Waals surface area (Å²) in [7, 11) is 3.84. The third-order valence-electron chi connectivity index (χ3n) is 3.92. The Morgan fingerprint density at radius 2 is 2.14 bits per heavy atom. The maximum Gasteiger partial charge on any atom is 0.227 e. The predicted molar refractivity (Wildman–Crippen MR) is 85.4 cm³/mol. The van der Waals surface area contributed by atoms with E-state index in [9.17, 15) is 4.79 Å². The summed E-state index contributed by atoms with van der Waals surface area (Å²) < 4.78 is 5.35. The second-order valence-corrected chi connectivity index (χ2v) is 6.10. The van der Waals surface area contributed by atoms with Crippen LogP contribution in [0, 0.1) is 5.92 Å². The number of aromatic nitrogens is 2. The molecule has 0 unspecified atom stereocenters. The van der Waals surface area contributed by atoms with Gasteiger partial charge < -0.3 is 19.9 Å². The van der Waals surface area contributed by atoms with Gasteiger partial charge in [0.2, 0.25) is 11.9 Å². The van der Waals surface area contributed by atoms with Crippen LogP contribution in [-0.2, 0) is 9.53 Å². The number of carbonyl (C=O) groups excluding carboxylic acids is 1.